The predicted octanol–water partition coefficient (Wildman–Crippen LogP) is 5.69. The van der Waals surface area contributed by atoms with Crippen LogP contribution in [0.2, 0.25) is 5.02 Å². The zero-order chi connectivity index (χ0) is 22.0. The molecule has 4 rings (SSSR count). The van der Waals surface area contributed by atoms with Gasteiger partial charge in [0.2, 0.25) is 5.91 Å². The molecule has 2 heterocycles. The molecule has 1 amide bonds. The van der Waals surface area contributed by atoms with Crippen molar-refractivity contribution in [2.45, 2.75) is 20.5 Å². The van der Waals surface area contributed by atoms with Crippen molar-refractivity contribution in [3.05, 3.63) is 82.0 Å². The van der Waals surface area contributed by atoms with E-state index in [2.05, 4.69) is 9.97 Å². The summed E-state index contributed by atoms with van der Waals surface area (Å²) in [5.41, 5.74) is 2.99. The number of aryl methyl sites for hydroxylation is 1. The first-order valence-electron chi connectivity index (χ1n) is 9.46. The molecule has 0 bridgehead atoms. The van der Waals surface area contributed by atoms with Crippen LogP contribution in [0.5, 0.6) is 0 Å². The van der Waals surface area contributed by atoms with Crippen molar-refractivity contribution in [3.8, 4) is 0 Å². The van der Waals surface area contributed by atoms with Gasteiger partial charge in [-0.2, -0.15) is 0 Å². The second-order valence-electron chi connectivity index (χ2n) is 6.85. The van der Waals surface area contributed by atoms with E-state index in [9.17, 15) is 9.59 Å². The number of halogens is 1. The summed E-state index contributed by atoms with van der Waals surface area (Å²) in [6.45, 7) is 3.23. The van der Waals surface area contributed by atoms with Crippen LogP contribution in [0.25, 0.3) is 10.9 Å². The first kappa shape index (κ1) is 21.0. The molecule has 0 aliphatic rings. The van der Waals surface area contributed by atoms with Crippen LogP contribution in [0, 0.1) is 6.92 Å². The minimum atomic E-state index is -0.493. The monoisotopic (exact) mass is 451 g/mol. The highest BCUT2D eigenvalue weighted by molar-refractivity contribution is 7.14. The number of hydrogen-bond donors (Lipinski definition) is 0. The molecule has 0 N–H and O–H groups in total. The number of benzene rings is 2. The third-order valence-corrected chi connectivity index (χ3v) is 5.71. The van der Waals surface area contributed by atoms with Crippen molar-refractivity contribution in [2.75, 3.05) is 4.90 Å². The maximum absolute atomic E-state index is 12.7. The van der Waals surface area contributed by atoms with Crippen LogP contribution in [0.1, 0.15) is 28.7 Å². The lowest BCUT2D eigenvalue weighted by atomic mass is 10.1. The SMILES string of the molecule is CC(=O)N(c1ccccc1)c1nc(COC(=O)c2cc3cc(Cl)ccc3nc2C)cs1. The summed E-state index contributed by atoms with van der Waals surface area (Å²) in [6.07, 6.45) is 0. The maximum Gasteiger partial charge on any atom is 0.340 e. The second kappa shape index (κ2) is 8.83. The highest BCUT2D eigenvalue weighted by atomic mass is 35.5. The molecule has 31 heavy (non-hydrogen) atoms. The number of ether oxygens (including phenoxy) is 1. The highest BCUT2D eigenvalue weighted by Gasteiger charge is 2.19. The van der Waals surface area contributed by atoms with E-state index < -0.39 is 5.97 Å². The van der Waals surface area contributed by atoms with Crippen LogP contribution >= 0.6 is 22.9 Å². The molecule has 0 saturated heterocycles. The first-order valence-corrected chi connectivity index (χ1v) is 10.7. The standard InChI is InChI=1S/C23H18ClN3O3S/c1-14-20(11-16-10-17(24)8-9-21(16)25-14)22(29)30-12-18-13-31-23(26-18)27(15(2)28)19-6-4-3-5-7-19/h3-11,13H,12H2,1-2H3. The Bertz CT molecular complexity index is 1270. The van der Waals surface area contributed by atoms with Crippen molar-refractivity contribution in [3.63, 3.8) is 0 Å². The quantitative estimate of drug-likeness (QED) is 0.364. The molecule has 0 aliphatic heterocycles. The topological polar surface area (TPSA) is 72.4 Å². The van der Waals surface area contributed by atoms with Crippen LogP contribution in [-0.4, -0.2) is 21.8 Å². The van der Waals surface area contributed by atoms with Crippen LogP contribution in [0.4, 0.5) is 10.8 Å². The minimum absolute atomic E-state index is 0.0110. The zero-order valence-electron chi connectivity index (χ0n) is 16.8. The van der Waals surface area contributed by atoms with Crippen LogP contribution < -0.4 is 4.90 Å². The summed E-state index contributed by atoms with van der Waals surface area (Å²) in [7, 11) is 0. The predicted molar refractivity (Wildman–Crippen MR) is 122 cm³/mol. The molecule has 0 aliphatic carbocycles. The van der Waals surface area contributed by atoms with Gasteiger partial charge < -0.3 is 4.74 Å². The van der Waals surface area contributed by atoms with Crippen molar-refractivity contribution in [1.82, 2.24) is 9.97 Å². The van der Waals surface area contributed by atoms with E-state index in [-0.39, 0.29) is 12.5 Å². The van der Waals surface area contributed by atoms with Gasteiger partial charge in [-0.05, 0) is 43.3 Å². The van der Waals surface area contributed by atoms with Gasteiger partial charge in [-0.1, -0.05) is 29.8 Å². The Hall–Kier alpha value is -3.29. The number of esters is 1. The Morgan fingerprint density at radius 3 is 2.61 bits per heavy atom. The van der Waals surface area contributed by atoms with Crippen LogP contribution in [-0.2, 0) is 16.1 Å². The molecule has 6 nitrogen and oxygen atoms in total. The lowest BCUT2D eigenvalue weighted by molar-refractivity contribution is -0.115. The number of para-hydroxylation sites is 1. The van der Waals surface area contributed by atoms with Crippen molar-refractivity contribution in [1.29, 1.82) is 0 Å². The maximum atomic E-state index is 12.7. The van der Waals surface area contributed by atoms with Gasteiger partial charge in [-0.25, -0.2) is 9.78 Å². The molecule has 156 valence electrons. The Morgan fingerprint density at radius 1 is 1.10 bits per heavy atom. The molecular formula is C23H18ClN3O3S. The average molecular weight is 452 g/mol. The van der Waals surface area contributed by atoms with Crippen LogP contribution in [0.15, 0.2) is 60.0 Å². The number of rotatable bonds is 5. The summed E-state index contributed by atoms with van der Waals surface area (Å²) in [6, 6.07) is 16.3. The van der Waals surface area contributed by atoms with Gasteiger partial charge in [0.15, 0.2) is 5.13 Å². The Labute approximate surface area is 188 Å². The molecule has 2 aromatic heterocycles. The van der Waals surface area contributed by atoms with Gasteiger partial charge in [-0.15, -0.1) is 11.3 Å². The third kappa shape index (κ3) is 4.57. The van der Waals surface area contributed by atoms with E-state index >= 15 is 0 Å². The minimum Gasteiger partial charge on any atom is -0.455 e. The Balaban J connectivity index is 1.51. The molecule has 0 radical (unpaired) electrons. The lowest BCUT2D eigenvalue weighted by Gasteiger charge is -2.17. The fourth-order valence-corrected chi connectivity index (χ4v) is 4.19. The molecular weight excluding hydrogens is 434 g/mol. The Kier molecular flexibility index (Phi) is 5.97. The van der Waals surface area contributed by atoms with Gasteiger partial charge in [0.25, 0.3) is 0 Å². The normalized spacial score (nSPS) is 10.8. The van der Waals surface area contributed by atoms with Gasteiger partial charge in [-0.3, -0.25) is 14.7 Å². The van der Waals surface area contributed by atoms with Crippen LogP contribution in [0.3, 0.4) is 0 Å². The first-order chi connectivity index (χ1) is 14.9. The molecule has 8 heteroatoms. The van der Waals surface area contributed by atoms with Gasteiger partial charge >= 0.3 is 5.97 Å². The number of carbonyl (C=O) groups is 2. The smallest absolute Gasteiger partial charge is 0.340 e. The van der Waals surface area contributed by atoms with E-state index in [0.29, 0.717) is 27.1 Å². The molecule has 0 atom stereocenters. The fraction of sp³-hybridized carbons (Fsp3) is 0.130. The average Bonchev–Trinajstić information content (AvgIpc) is 3.21. The number of anilines is 2. The van der Waals surface area contributed by atoms with E-state index in [1.807, 2.05) is 36.4 Å². The van der Waals surface area contributed by atoms with Crippen molar-refractivity contribution >= 4 is 56.5 Å². The second-order valence-corrected chi connectivity index (χ2v) is 8.12. The van der Waals surface area contributed by atoms with Gasteiger partial charge in [0.1, 0.15) is 6.61 Å². The van der Waals surface area contributed by atoms with Crippen molar-refractivity contribution < 1.29 is 14.3 Å². The van der Waals surface area contributed by atoms with E-state index in [1.54, 1.807) is 30.5 Å². The number of fused-ring (bicyclic) bond motifs is 1. The number of thiazole rings is 1. The fourth-order valence-electron chi connectivity index (χ4n) is 3.14. The largest absolute Gasteiger partial charge is 0.455 e. The zero-order valence-corrected chi connectivity index (χ0v) is 18.4. The summed E-state index contributed by atoms with van der Waals surface area (Å²) in [5.74, 6) is -0.645. The molecule has 0 spiro atoms. The summed E-state index contributed by atoms with van der Waals surface area (Å²) in [4.78, 5) is 35.3. The summed E-state index contributed by atoms with van der Waals surface area (Å²) < 4.78 is 5.46. The van der Waals surface area contributed by atoms with Gasteiger partial charge in [0, 0.05) is 22.7 Å². The molecule has 0 saturated carbocycles. The highest BCUT2D eigenvalue weighted by Crippen LogP contribution is 2.29. The number of amides is 1. The van der Waals surface area contributed by atoms with Crippen molar-refractivity contribution in [2.24, 2.45) is 0 Å². The molecule has 0 fully saturated rings. The summed E-state index contributed by atoms with van der Waals surface area (Å²) in [5, 5.41) is 3.62. The summed E-state index contributed by atoms with van der Waals surface area (Å²) >= 11 is 7.36. The Morgan fingerprint density at radius 2 is 1.87 bits per heavy atom. The number of nitrogens with zero attached hydrogens (tertiary/aromatic N) is 3. The van der Waals surface area contributed by atoms with E-state index in [1.165, 1.54) is 23.2 Å². The molecule has 0 unspecified atom stereocenters. The molecule has 4 aromatic rings. The van der Waals surface area contributed by atoms with E-state index in [4.69, 9.17) is 16.3 Å². The number of hydrogen-bond acceptors (Lipinski definition) is 6. The number of aromatic nitrogens is 2. The lowest BCUT2D eigenvalue weighted by Crippen LogP contribution is -2.22. The number of pyridine rings is 1. The van der Waals surface area contributed by atoms with E-state index in [0.717, 1.165) is 16.6 Å². The molecule has 2 aromatic carbocycles. The van der Waals surface area contributed by atoms with Gasteiger partial charge in [0.05, 0.1) is 28.2 Å². The third-order valence-electron chi connectivity index (χ3n) is 4.60. The number of carbonyl (C=O) groups excluding carboxylic acids is 2.